The number of nitrogens with zero attached hydrogens (tertiary/aromatic N) is 2. The van der Waals surface area contributed by atoms with E-state index in [0.717, 1.165) is 23.4 Å². The van der Waals surface area contributed by atoms with Crippen molar-refractivity contribution in [2.75, 3.05) is 0 Å². The van der Waals surface area contributed by atoms with Crippen molar-refractivity contribution >= 4 is 11.9 Å². The molecule has 1 aliphatic heterocycles. The van der Waals surface area contributed by atoms with Gasteiger partial charge in [0, 0.05) is 18.3 Å². The Morgan fingerprint density at radius 3 is 2.94 bits per heavy atom. The fourth-order valence-corrected chi connectivity index (χ4v) is 1.29. The van der Waals surface area contributed by atoms with Crippen molar-refractivity contribution in [3.8, 4) is 0 Å². The number of hydrogen-bond acceptors (Lipinski definition) is 3. The van der Waals surface area contributed by atoms with Crippen LogP contribution in [0.5, 0.6) is 0 Å². The van der Waals surface area contributed by atoms with E-state index in [4.69, 9.17) is 5.73 Å². The van der Waals surface area contributed by atoms with Crippen LogP contribution in [0.15, 0.2) is 51.5 Å². The van der Waals surface area contributed by atoms with Gasteiger partial charge in [0.2, 0.25) is 0 Å². The summed E-state index contributed by atoms with van der Waals surface area (Å²) in [6.07, 6.45) is 3.29. The maximum Gasteiger partial charge on any atom is 0.116 e. The zero-order valence-electron chi connectivity index (χ0n) is 9.88. The van der Waals surface area contributed by atoms with Crippen LogP contribution in [-0.4, -0.2) is 11.9 Å². The lowest BCUT2D eigenvalue weighted by Gasteiger charge is -2.13. The minimum atomic E-state index is 0.436. The highest BCUT2D eigenvalue weighted by molar-refractivity contribution is 5.85. The zero-order valence-corrected chi connectivity index (χ0v) is 9.88. The van der Waals surface area contributed by atoms with Crippen molar-refractivity contribution < 1.29 is 0 Å². The van der Waals surface area contributed by atoms with E-state index < -0.39 is 0 Å². The molecule has 0 saturated heterocycles. The van der Waals surface area contributed by atoms with Crippen LogP contribution in [0.25, 0.3) is 0 Å². The van der Waals surface area contributed by atoms with Crippen molar-refractivity contribution in [1.82, 2.24) is 0 Å². The molecule has 0 aliphatic carbocycles. The monoisotopic (exact) mass is 215 g/mol. The van der Waals surface area contributed by atoms with Gasteiger partial charge in [0.05, 0.1) is 5.70 Å². The van der Waals surface area contributed by atoms with Gasteiger partial charge in [-0.2, -0.15) is 0 Å². The van der Waals surface area contributed by atoms with E-state index in [-0.39, 0.29) is 0 Å². The molecule has 1 rings (SSSR count). The van der Waals surface area contributed by atoms with Crippen LogP contribution in [0.1, 0.15) is 26.7 Å². The summed E-state index contributed by atoms with van der Waals surface area (Å²) in [4.78, 5) is 8.74. The lowest BCUT2D eigenvalue weighted by Crippen LogP contribution is -2.07. The van der Waals surface area contributed by atoms with Crippen LogP contribution < -0.4 is 5.73 Å². The molecule has 0 aromatic carbocycles. The quantitative estimate of drug-likeness (QED) is 0.571. The van der Waals surface area contributed by atoms with Crippen molar-refractivity contribution in [3.05, 3.63) is 41.6 Å². The SMILES string of the molecule is C=C=C(N)C1=C(/N=C(\C)CC)CC(=C)C=N1. The van der Waals surface area contributed by atoms with Crippen LogP contribution >= 0.6 is 0 Å². The second-order valence-electron chi connectivity index (χ2n) is 3.68. The van der Waals surface area contributed by atoms with Gasteiger partial charge in [-0.3, -0.25) is 9.98 Å². The summed E-state index contributed by atoms with van der Waals surface area (Å²) in [6, 6.07) is 0. The van der Waals surface area contributed by atoms with Gasteiger partial charge in [0.15, 0.2) is 0 Å². The third kappa shape index (κ3) is 2.81. The summed E-state index contributed by atoms with van der Waals surface area (Å²) in [5, 5.41) is 0. The number of rotatable bonds is 3. The number of aliphatic imine (C=N–C) groups is 2. The highest BCUT2D eigenvalue weighted by Crippen LogP contribution is 2.23. The fraction of sp³-hybridized carbons (Fsp3) is 0.308. The van der Waals surface area contributed by atoms with Crippen LogP contribution in [-0.2, 0) is 0 Å². The highest BCUT2D eigenvalue weighted by atomic mass is 14.9. The van der Waals surface area contributed by atoms with Crippen molar-refractivity contribution in [1.29, 1.82) is 0 Å². The molecule has 0 saturated carbocycles. The molecule has 3 heteroatoms. The van der Waals surface area contributed by atoms with Gasteiger partial charge >= 0.3 is 0 Å². The normalized spacial score (nSPS) is 16.4. The molecule has 0 spiro atoms. The molecule has 0 aromatic rings. The van der Waals surface area contributed by atoms with E-state index in [9.17, 15) is 0 Å². The predicted octanol–water partition coefficient (Wildman–Crippen LogP) is 2.73. The first-order chi connectivity index (χ1) is 7.58. The molecule has 0 aromatic heterocycles. The molecule has 0 amide bonds. The largest absolute Gasteiger partial charge is 0.391 e. The molecule has 2 N–H and O–H groups in total. The number of nitrogens with two attached hydrogens (primary N) is 1. The van der Waals surface area contributed by atoms with E-state index in [1.807, 2.05) is 6.92 Å². The smallest absolute Gasteiger partial charge is 0.116 e. The molecule has 16 heavy (non-hydrogen) atoms. The highest BCUT2D eigenvalue weighted by Gasteiger charge is 2.13. The Balaban J connectivity index is 3.23. The van der Waals surface area contributed by atoms with Crippen molar-refractivity contribution in [2.24, 2.45) is 15.7 Å². The summed E-state index contributed by atoms with van der Waals surface area (Å²) in [5.41, 5.74) is 12.3. The molecule has 0 radical (unpaired) electrons. The molecular weight excluding hydrogens is 198 g/mol. The molecule has 3 nitrogen and oxygen atoms in total. The van der Waals surface area contributed by atoms with Crippen molar-refractivity contribution in [2.45, 2.75) is 26.7 Å². The second kappa shape index (κ2) is 5.29. The molecule has 1 heterocycles. The Kier molecular flexibility index (Phi) is 4.03. The second-order valence-corrected chi connectivity index (χ2v) is 3.68. The fourth-order valence-electron chi connectivity index (χ4n) is 1.29. The summed E-state index contributed by atoms with van der Waals surface area (Å²) in [6.45, 7) is 11.4. The Labute approximate surface area is 96.5 Å². The summed E-state index contributed by atoms with van der Waals surface area (Å²) < 4.78 is 0. The van der Waals surface area contributed by atoms with E-state index in [1.54, 1.807) is 6.21 Å². The first-order valence-electron chi connectivity index (χ1n) is 5.23. The summed E-state index contributed by atoms with van der Waals surface area (Å²) in [7, 11) is 0. The summed E-state index contributed by atoms with van der Waals surface area (Å²) >= 11 is 0. The molecule has 0 fully saturated rings. The third-order valence-electron chi connectivity index (χ3n) is 2.33. The van der Waals surface area contributed by atoms with Gasteiger partial charge in [0.1, 0.15) is 11.4 Å². The molecule has 84 valence electrons. The predicted molar refractivity (Wildman–Crippen MR) is 69.5 cm³/mol. The molecule has 0 atom stereocenters. The van der Waals surface area contributed by atoms with E-state index in [0.29, 0.717) is 17.8 Å². The van der Waals surface area contributed by atoms with Gasteiger partial charge in [0.25, 0.3) is 0 Å². The Hall–Kier alpha value is -1.86. The maximum atomic E-state index is 5.77. The first kappa shape index (κ1) is 12.2. The molecule has 1 aliphatic rings. The van der Waals surface area contributed by atoms with Crippen molar-refractivity contribution in [3.63, 3.8) is 0 Å². The minimum Gasteiger partial charge on any atom is -0.391 e. The topological polar surface area (TPSA) is 50.7 Å². The first-order valence-corrected chi connectivity index (χ1v) is 5.23. The average molecular weight is 215 g/mol. The average Bonchev–Trinajstić information content (AvgIpc) is 2.28. The van der Waals surface area contributed by atoms with Gasteiger partial charge in [-0.25, -0.2) is 0 Å². The Morgan fingerprint density at radius 2 is 2.38 bits per heavy atom. The van der Waals surface area contributed by atoms with Gasteiger partial charge < -0.3 is 5.73 Å². The van der Waals surface area contributed by atoms with Crippen LogP contribution in [0.3, 0.4) is 0 Å². The summed E-state index contributed by atoms with van der Waals surface area (Å²) in [5.74, 6) is 0. The number of hydrogen-bond donors (Lipinski definition) is 1. The van der Waals surface area contributed by atoms with Gasteiger partial charge in [-0.15, -0.1) is 5.73 Å². The van der Waals surface area contributed by atoms with Crippen LogP contribution in [0, 0.1) is 0 Å². The molecular formula is C13H17N3. The van der Waals surface area contributed by atoms with E-state index in [2.05, 4.69) is 35.8 Å². The molecule has 0 bridgehead atoms. The Morgan fingerprint density at radius 1 is 1.69 bits per heavy atom. The standard InChI is InChI=1S/C13H17N3/c1-5-10(4)16-12-7-9(3)8-15-13(12)11(14)6-2/h8H,2-3,5,7,14H2,1,4H3/b16-10+. The zero-order chi connectivity index (χ0) is 12.1. The third-order valence-corrected chi connectivity index (χ3v) is 2.33. The van der Waals surface area contributed by atoms with E-state index >= 15 is 0 Å². The van der Waals surface area contributed by atoms with E-state index in [1.165, 1.54) is 0 Å². The van der Waals surface area contributed by atoms with Crippen LogP contribution in [0.4, 0.5) is 0 Å². The van der Waals surface area contributed by atoms with Gasteiger partial charge in [-0.05, 0) is 18.9 Å². The van der Waals surface area contributed by atoms with Gasteiger partial charge in [-0.1, -0.05) is 20.1 Å². The lowest BCUT2D eigenvalue weighted by molar-refractivity contribution is 1.03. The lowest BCUT2D eigenvalue weighted by atomic mass is 10.1. The molecule has 0 unspecified atom stereocenters. The Bertz CT molecular complexity index is 444. The minimum absolute atomic E-state index is 0.436. The maximum absolute atomic E-state index is 5.77. The number of allylic oxidation sites excluding steroid dienone is 1. The van der Waals surface area contributed by atoms with Crippen LogP contribution in [0.2, 0.25) is 0 Å².